The minimum absolute atomic E-state index is 0.270. The van der Waals surface area contributed by atoms with Crippen molar-refractivity contribution >= 4 is 17.5 Å². The van der Waals surface area contributed by atoms with Crippen LogP contribution in [0.15, 0.2) is 24.3 Å². The molecule has 22 heavy (non-hydrogen) atoms. The normalized spacial score (nSPS) is 12.3. The van der Waals surface area contributed by atoms with Gasteiger partial charge >= 0.3 is 0 Å². The third-order valence-electron chi connectivity index (χ3n) is 3.56. The van der Waals surface area contributed by atoms with Crippen LogP contribution in [-0.4, -0.2) is 29.9 Å². The summed E-state index contributed by atoms with van der Waals surface area (Å²) < 4.78 is 10.7. The number of hydrogen-bond acceptors (Lipinski definition) is 6. The van der Waals surface area contributed by atoms with E-state index in [1.807, 2.05) is 31.2 Å². The molecule has 0 saturated carbocycles. The lowest BCUT2D eigenvalue weighted by atomic mass is 10.3. The Hall–Kier alpha value is -2.50. The smallest absolute Gasteiger partial charge is 0.231 e. The highest BCUT2D eigenvalue weighted by Crippen LogP contribution is 2.34. The Morgan fingerprint density at radius 2 is 1.86 bits per heavy atom. The molecule has 6 nitrogen and oxygen atoms in total. The highest BCUT2D eigenvalue weighted by atomic mass is 16.7. The molecule has 1 aromatic heterocycles. The second kappa shape index (κ2) is 6.09. The topological polar surface area (TPSA) is 59.5 Å². The molecule has 0 bridgehead atoms. The Bertz CT molecular complexity index is 671. The van der Waals surface area contributed by atoms with Crippen LogP contribution in [0.4, 0.5) is 17.5 Å². The molecule has 1 aromatic carbocycles. The molecule has 0 aliphatic carbocycles. The van der Waals surface area contributed by atoms with E-state index >= 15 is 0 Å². The van der Waals surface area contributed by atoms with Gasteiger partial charge in [0.2, 0.25) is 12.7 Å². The maximum absolute atomic E-state index is 5.39. The van der Waals surface area contributed by atoms with Crippen LogP contribution < -0.4 is 19.7 Å². The lowest BCUT2D eigenvalue weighted by Crippen LogP contribution is -2.23. The highest BCUT2D eigenvalue weighted by Gasteiger charge is 2.14. The first-order valence-electron chi connectivity index (χ1n) is 7.47. The molecule has 2 heterocycles. The predicted octanol–water partition coefficient (Wildman–Crippen LogP) is 3.10. The van der Waals surface area contributed by atoms with Crippen LogP contribution in [0.5, 0.6) is 11.5 Å². The number of hydrogen-bond donors (Lipinski definition) is 1. The average Bonchev–Trinajstić information content (AvgIpc) is 2.95. The Labute approximate surface area is 130 Å². The zero-order valence-electron chi connectivity index (χ0n) is 13.1. The molecule has 0 atom stereocenters. The maximum Gasteiger partial charge on any atom is 0.231 e. The lowest BCUT2D eigenvalue weighted by Gasteiger charge is -2.20. The van der Waals surface area contributed by atoms with Crippen molar-refractivity contribution < 1.29 is 9.47 Å². The second-order valence-corrected chi connectivity index (χ2v) is 5.06. The van der Waals surface area contributed by atoms with Crippen molar-refractivity contribution in [2.24, 2.45) is 0 Å². The third-order valence-corrected chi connectivity index (χ3v) is 3.56. The Morgan fingerprint density at radius 3 is 2.64 bits per heavy atom. The van der Waals surface area contributed by atoms with Crippen molar-refractivity contribution in [2.75, 3.05) is 30.1 Å². The van der Waals surface area contributed by atoms with Crippen molar-refractivity contribution in [1.82, 2.24) is 9.97 Å². The molecular formula is C16H20N4O2. The molecule has 116 valence electrons. The number of nitrogens with one attached hydrogen (secondary N) is 1. The quantitative estimate of drug-likeness (QED) is 0.915. The molecule has 0 radical (unpaired) electrons. The minimum Gasteiger partial charge on any atom is -0.454 e. The molecule has 2 aromatic rings. The summed E-state index contributed by atoms with van der Waals surface area (Å²) in [7, 11) is 0. The second-order valence-electron chi connectivity index (χ2n) is 5.06. The van der Waals surface area contributed by atoms with E-state index in [0.29, 0.717) is 5.95 Å². The molecule has 1 aliphatic rings. The first-order chi connectivity index (χ1) is 10.7. The van der Waals surface area contributed by atoms with Gasteiger partial charge in [0, 0.05) is 36.6 Å². The average molecular weight is 300 g/mol. The lowest BCUT2D eigenvalue weighted by molar-refractivity contribution is 0.174. The van der Waals surface area contributed by atoms with Gasteiger partial charge in [-0.1, -0.05) is 0 Å². The van der Waals surface area contributed by atoms with Crippen molar-refractivity contribution in [3.8, 4) is 11.5 Å². The van der Waals surface area contributed by atoms with Crippen LogP contribution in [0, 0.1) is 6.92 Å². The number of ether oxygens (including phenoxy) is 2. The van der Waals surface area contributed by atoms with Crippen molar-refractivity contribution in [2.45, 2.75) is 20.8 Å². The van der Waals surface area contributed by atoms with E-state index < -0.39 is 0 Å². The monoisotopic (exact) mass is 300 g/mol. The SMILES string of the molecule is CCN(CC)c1cc(C)nc(Nc2ccc3c(c2)OCO3)n1. The van der Waals surface area contributed by atoms with Gasteiger partial charge in [-0.25, -0.2) is 4.98 Å². The van der Waals surface area contributed by atoms with Crippen LogP contribution in [-0.2, 0) is 0 Å². The summed E-state index contributed by atoms with van der Waals surface area (Å²) in [5, 5.41) is 3.23. The molecule has 0 saturated heterocycles. The molecule has 0 fully saturated rings. The van der Waals surface area contributed by atoms with E-state index in [9.17, 15) is 0 Å². The fraction of sp³-hybridized carbons (Fsp3) is 0.375. The summed E-state index contributed by atoms with van der Waals surface area (Å²) in [5.41, 5.74) is 1.81. The highest BCUT2D eigenvalue weighted by molar-refractivity contribution is 5.61. The molecule has 0 spiro atoms. The van der Waals surface area contributed by atoms with Gasteiger partial charge in [0.1, 0.15) is 5.82 Å². The van der Waals surface area contributed by atoms with E-state index in [1.54, 1.807) is 0 Å². The summed E-state index contributed by atoms with van der Waals surface area (Å²) in [6.07, 6.45) is 0. The van der Waals surface area contributed by atoms with Gasteiger partial charge in [-0.3, -0.25) is 0 Å². The number of benzene rings is 1. The number of aromatic nitrogens is 2. The first kappa shape index (κ1) is 14.4. The van der Waals surface area contributed by atoms with Crippen LogP contribution in [0.1, 0.15) is 19.5 Å². The molecule has 3 rings (SSSR count). The van der Waals surface area contributed by atoms with E-state index in [1.165, 1.54) is 0 Å². The van der Waals surface area contributed by atoms with Gasteiger partial charge in [-0.05, 0) is 32.9 Å². The summed E-state index contributed by atoms with van der Waals surface area (Å²) in [6.45, 7) is 8.30. The summed E-state index contributed by atoms with van der Waals surface area (Å²) >= 11 is 0. The summed E-state index contributed by atoms with van der Waals surface area (Å²) in [6, 6.07) is 7.70. The zero-order chi connectivity index (χ0) is 15.5. The molecule has 1 N–H and O–H groups in total. The molecule has 6 heteroatoms. The number of nitrogens with zero attached hydrogens (tertiary/aromatic N) is 3. The molecule has 1 aliphatic heterocycles. The van der Waals surface area contributed by atoms with Crippen molar-refractivity contribution in [3.05, 3.63) is 30.0 Å². The van der Waals surface area contributed by atoms with E-state index in [4.69, 9.17) is 9.47 Å². The van der Waals surface area contributed by atoms with Crippen molar-refractivity contribution in [3.63, 3.8) is 0 Å². The number of rotatable bonds is 5. The Balaban J connectivity index is 1.85. The Morgan fingerprint density at radius 1 is 1.09 bits per heavy atom. The fourth-order valence-corrected chi connectivity index (χ4v) is 2.42. The number of fused-ring (bicyclic) bond motifs is 1. The largest absolute Gasteiger partial charge is 0.454 e. The van der Waals surface area contributed by atoms with Gasteiger partial charge in [0.05, 0.1) is 0 Å². The van der Waals surface area contributed by atoms with Gasteiger partial charge < -0.3 is 19.7 Å². The number of aryl methyl sites for hydroxylation is 1. The van der Waals surface area contributed by atoms with Crippen molar-refractivity contribution in [1.29, 1.82) is 0 Å². The van der Waals surface area contributed by atoms with Gasteiger partial charge in [0.15, 0.2) is 11.5 Å². The standard InChI is InChI=1S/C16H20N4O2/c1-4-20(5-2)15-8-11(3)17-16(19-15)18-12-6-7-13-14(9-12)22-10-21-13/h6-9H,4-5,10H2,1-3H3,(H,17,18,19). The van der Waals surface area contributed by atoms with Crippen LogP contribution in [0.25, 0.3) is 0 Å². The molecule has 0 unspecified atom stereocenters. The van der Waals surface area contributed by atoms with E-state index in [2.05, 4.69) is 34.0 Å². The predicted molar refractivity (Wildman–Crippen MR) is 86.2 cm³/mol. The van der Waals surface area contributed by atoms with Gasteiger partial charge in [0.25, 0.3) is 0 Å². The fourth-order valence-electron chi connectivity index (χ4n) is 2.42. The van der Waals surface area contributed by atoms with Gasteiger partial charge in [-0.15, -0.1) is 0 Å². The van der Waals surface area contributed by atoms with E-state index in [-0.39, 0.29) is 6.79 Å². The zero-order valence-corrected chi connectivity index (χ0v) is 13.1. The molecule has 0 amide bonds. The number of anilines is 3. The first-order valence-corrected chi connectivity index (χ1v) is 7.47. The Kier molecular flexibility index (Phi) is 4.00. The summed E-state index contributed by atoms with van der Waals surface area (Å²) in [5.74, 6) is 3.02. The van der Waals surface area contributed by atoms with E-state index in [0.717, 1.165) is 41.8 Å². The van der Waals surface area contributed by atoms with Crippen LogP contribution in [0.3, 0.4) is 0 Å². The molecular weight excluding hydrogens is 280 g/mol. The summed E-state index contributed by atoms with van der Waals surface area (Å²) in [4.78, 5) is 11.2. The third kappa shape index (κ3) is 2.90. The van der Waals surface area contributed by atoms with Gasteiger partial charge in [-0.2, -0.15) is 4.98 Å². The van der Waals surface area contributed by atoms with Crippen LogP contribution >= 0.6 is 0 Å². The van der Waals surface area contributed by atoms with Crippen LogP contribution in [0.2, 0.25) is 0 Å². The maximum atomic E-state index is 5.39. The minimum atomic E-state index is 0.270.